The monoisotopic (exact) mass is 162 g/mol. The zero-order valence-corrected chi connectivity index (χ0v) is 7.73. The first-order valence-corrected chi connectivity index (χ1v) is 4.24. The lowest BCUT2D eigenvalue weighted by atomic mass is 9.88. The highest BCUT2D eigenvalue weighted by Gasteiger charge is 2.18. The van der Waals surface area contributed by atoms with Crippen molar-refractivity contribution in [2.75, 3.05) is 0 Å². The summed E-state index contributed by atoms with van der Waals surface area (Å²) in [5.41, 5.74) is 3.99. The molecule has 0 amide bonds. The van der Waals surface area contributed by atoms with Gasteiger partial charge in [0.25, 0.3) is 0 Å². The molecule has 2 heterocycles. The summed E-state index contributed by atoms with van der Waals surface area (Å²) in [6, 6.07) is 2.06. The highest BCUT2D eigenvalue weighted by molar-refractivity contribution is 5.80. The van der Waals surface area contributed by atoms with Crippen molar-refractivity contribution in [3.63, 3.8) is 0 Å². The van der Waals surface area contributed by atoms with Gasteiger partial charge in [-0.25, -0.2) is 0 Å². The van der Waals surface area contributed by atoms with Crippen LogP contribution in [0.4, 0.5) is 0 Å². The molecule has 0 unspecified atom stereocenters. The van der Waals surface area contributed by atoms with Crippen molar-refractivity contribution in [3.05, 3.63) is 24.0 Å². The number of H-pyrrole nitrogens is 2. The molecule has 2 N–H and O–H groups in total. The molecule has 0 aliphatic rings. The smallest absolute Gasteiger partial charge is 0.0672 e. The summed E-state index contributed by atoms with van der Waals surface area (Å²) in [6.07, 6.45) is 4.05. The predicted octanol–water partition coefficient (Wildman–Crippen LogP) is 2.79. The van der Waals surface area contributed by atoms with Crippen LogP contribution in [-0.4, -0.2) is 9.97 Å². The number of aromatic nitrogens is 2. The minimum Gasteiger partial charge on any atom is -0.360 e. The van der Waals surface area contributed by atoms with Crippen molar-refractivity contribution in [1.82, 2.24) is 9.97 Å². The molecule has 0 fully saturated rings. The van der Waals surface area contributed by atoms with E-state index in [1.54, 1.807) is 0 Å². The maximum absolute atomic E-state index is 3.24. The number of fused-ring (bicyclic) bond motifs is 1. The number of aromatic amines is 2. The third-order valence-electron chi connectivity index (χ3n) is 2.20. The summed E-state index contributed by atoms with van der Waals surface area (Å²) < 4.78 is 0. The predicted molar refractivity (Wildman–Crippen MR) is 51.3 cm³/mol. The van der Waals surface area contributed by atoms with Crippen LogP contribution in [0.15, 0.2) is 18.5 Å². The molecule has 0 radical (unpaired) electrons. The molecule has 0 bridgehead atoms. The zero-order chi connectivity index (χ0) is 8.77. The van der Waals surface area contributed by atoms with Crippen LogP contribution in [0.2, 0.25) is 0 Å². The van der Waals surface area contributed by atoms with E-state index >= 15 is 0 Å². The van der Waals surface area contributed by atoms with Gasteiger partial charge < -0.3 is 9.97 Å². The van der Waals surface area contributed by atoms with Gasteiger partial charge in [-0.15, -0.1) is 0 Å². The summed E-state index contributed by atoms with van der Waals surface area (Å²) in [4.78, 5) is 6.49. The van der Waals surface area contributed by atoms with Gasteiger partial charge in [0.15, 0.2) is 0 Å². The average Bonchev–Trinajstić information content (AvgIpc) is 2.37. The summed E-state index contributed by atoms with van der Waals surface area (Å²) in [5.74, 6) is 0. The molecule has 2 aromatic heterocycles. The van der Waals surface area contributed by atoms with Crippen LogP contribution < -0.4 is 0 Å². The second-order valence-electron chi connectivity index (χ2n) is 4.22. The SMILES string of the molecule is CC(C)(C)c1c[nH]c2cc[nH]c12. The lowest BCUT2D eigenvalue weighted by molar-refractivity contribution is 0.594. The Hall–Kier alpha value is -1.18. The van der Waals surface area contributed by atoms with Gasteiger partial charge in [-0.1, -0.05) is 20.8 Å². The maximum Gasteiger partial charge on any atom is 0.0672 e. The van der Waals surface area contributed by atoms with E-state index in [-0.39, 0.29) is 5.41 Å². The highest BCUT2D eigenvalue weighted by Crippen LogP contribution is 2.28. The second-order valence-corrected chi connectivity index (χ2v) is 4.22. The lowest BCUT2D eigenvalue weighted by Crippen LogP contribution is -2.09. The minimum atomic E-state index is 0.211. The molecule has 0 saturated carbocycles. The molecule has 2 aromatic rings. The fourth-order valence-corrected chi connectivity index (χ4v) is 1.53. The first kappa shape index (κ1) is 7.47. The van der Waals surface area contributed by atoms with E-state index in [9.17, 15) is 0 Å². The van der Waals surface area contributed by atoms with Gasteiger partial charge in [0.05, 0.1) is 11.0 Å². The normalized spacial score (nSPS) is 12.6. The molecular weight excluding hydrogens is 148 g/mol. The lowest BCUT2D eigenvalue weighted by Gasteiger charge is -2.16. The average molecular weight is 162 g/mol. The zero-order valence-electron chi connectivity index (χ0n) is 7.73. The van der Waals surface area contributed by atoms with Gasteiger partial charge in [-0.3, -0.25) is 0 Å². The Balaban J connectivity index is 2.69. The molecule has 64 valence electrons. The first-order valence-electron chi connectivity index (χ1n) is 4.24. The molecule has 12 heavy (non-hydrogen) atoms. The number of rotatable bonds is 0. The summed E-state index contributed by atoms with van der Waals surface area (Å²) >= 11 is 0. The molecule has 0 aliphatic heterocycles. The fourth-order valence-electron chi connectivity index (χ4n) is 1.53. The van der Waals surface area contributed by atoms with Crippen LogP contribution in [0.25, 0.3) is 11.0 Å². The second kappa shape index (κ2) is 2.16. The van der Waals surface area contributed by atoms with E-state index in [4.69, 9.17) is 0 Å². The van der Waals surface area contributed by atoms with Crippen molar-refractivity contribution in [2.24, 2.45) is 0 Å². The Morgan fingerprint density at radius 2 is 1.92 bits per heavy atom. The molecule has 0 atom stereocenters. The van der Waals surface area contributed by atoms with E-state index < -0.39 is 0 Å². The van der Waals surface area contributed by atoms with E-state index in [1.165, 1.54) is 16.6 Å². The first-order chi connectivity index (χ1) is 5.59. The summed E-state index contributed by atoms with van der Waals surface area (Å²) in [6.45, 7) is 6.66. The summed E-state index contributed by atoms with van der Waals surface area (Å²) in [7, 11) is 0. The van der Waals surface area contributed by atoms with E-state index in [0.29, 0.717) is 0 Å². The Kier molecular flexibility index (Phi) is 1.34. The standard InChI is InChI=1S/C10H14N2/c1-10(2,3)7-6-12-8-4-5-11-9(7)8/h4-6,11-12H,1-3H3. The van der Waals surface area contributed by atoms with Gasteiger partial charge in [0.1, 0.15) is 0 Å². The quantitative estimate of drug-likeness (QED) is 0.597. The molecule has 2 nitrogen and oxygen atoms in total. The third-order valence-corrected chi connectivity index (χ3v) is 2.20. The van der Waals surface area contributed by atoms with Crippen molar-refractivity contribution >= 4 is 11.0 Å². The van der Waals surface area contributed by atoms with E-state index in [0.717, 1.165) is 0 Å². The van der Waals surface area contributed by atoms with Crippen LogP contribution in [0.5, 0.6) is 0 Å². The maximum atomic E-state index is 3.24. The number of nitrogens with one attached hydrogen (secondary N) is 2. The minimum absolute atomic E-state index is 0.211. The van der Waals surface area contributed by atoms with Crippen LogP contribution in [0, 0.1) is 0 Å². The molecule has 0 aliphatic carbocycles. The molecule has 0 spiro atoms. The van der Waals surface area contributed by atoms with E-state index in [2.05, 4.69) is 43.0 Å². The van der Waals surface area contributed by atoms with Gasteiger partial charge >= 0.3 is 0 Å². The van der Waals surface area contributed by atoms with Crippen LogP contribution >= 0.6 is 0 Å². The van der Waals surface area contributed by atoms with Crippen LogP contribution in [0.1, 0.15) is 26.3 Å². The molecule has 2 heteroatoms. The highest BCUT2D eigenvalue weighted by atomic mass is 14.8. The van der Waals surface area contributed by atoms with Gasteiger partial charge in [-0.05, 0) is 17.0 Å². The van der Waals surface area contributed by atoms with Gasteiger partial charge in [0, 0.05) is 12.4 Å². The van der Waals surface area contributed by atoms with E-state index in [1.807, 2.05) is 6.20 Å². The Morgan fingerprint density at radius 1 is 1.17 bits per heavy atom. The molecule has 0 saturated heterocycles. The molecular formula is C10H14N2. The molecule has 2 rings (SSSR count). The summed E-state index contributed by atoms with van der Waals surface area (Å²) in [5, 5.41) is 0. The Bertz CT molecular complexity index is 387. The Morgan fingerprint density at radius 3 is 2.58 bits per heavy atom. The van der Waals surface area contributed by atoms with Crippen molar-refractivity contribution in [2.45, 2.75) is 26.2 Å². The van der Waals surface area contributed by atoms with Crippen molar-refractivity contribution in [3.8, 4) is 0 Å². The third kappa shape index (κ3) is 0.951. The Labute approximate surface area is 72.0 Å². The van der Waals surface area contributed by atoms with Crippen LogP contribution in [0.3, 0.4) is 0 Å². The van der Waals surface area contributed by atoms with Crippen LogP contribution in [-0.2, 0) is 5.41 Å². The van der Waals surface area contributed by atoms with Gasteiger partial charge in [-0.2, -0.15) is 0 Å². The fraction of sp³-hybridized carbons (Fsp3) is 0.400. The topological polar surface area (TPSA) is 31.6 Å². The largest absolute Gasteiger partial charge is 0.360 e. The molecule has 0 aromatic carbocycles. The number of hydrogen-bond donors (Lipinski definition) is 2. The van der Waals surface area contributed by atoms with Crippen molar-refractivity contribution < 1.29 is 0 Å². The number of hydrogen-bond acceptors (Lipinski definition) is 0. The van der Waals surface area contributed by atoms with Crippen molar-refractivity contribution in [1.29, 1.82) is 0 Å². The van der Waals surface area contributed by atoms with Gasteiger partial charge in [0.2, 0.25) is 0 Å².